The van der Waals surface area contributed by atoms with E-state index in [2.05, 4.69) is 14.4 Å². The molecule has 4 rings (SSSR count). The first-order valence-electron chi connectivity index (χ1n) is 12.4. The molecule has 5 N–H and O–H groups in total. The number of rotatable bonds is 9. The van der Waals surface area contributed by atoms with E-state index in [1.54, 1.807) is 30.3 Å². The fourth-order valence-corrected chi connectivity index (χ4v) is 5.23. The number of imidazole rings is 1. The molecule has 3 aromatic rings. The van der Waals surface area contributed by atoms with Crippen molar-refractivity contribution in [1.82, 2.24) is 14.3 Å². The van der Waals surface area contributed by atoms with Crippen LogP contribution < -0.4 is 21.3 Å². The van der Waals surface area contributed by atoms with E-state index in [0.29, 0.717) is 16.8 Å². The number of halogens is 5. The Kier molecular flexibility index (Phi) is 8.75. The van der Waals surface area contributed by atoms with E-state index in [1.165, 1.54) is 60.2 Å². The smallest absolute Gasteiger partial charge is 0.406 e. The van der Waals surface area contributed by atoms with Crippen molar-refractivity contribution in [3.05, 3.63) is 96.1 Å². The van der Waals surface area contributed by atoms with Gasteiger partial charge in [0.25, 0.3) is 6.43 Å². The summed E-state index contributed by atoms with van der Waals surface area (Å²) >= 11 is 0. The van der Waals surface area contributed by atoms with Gasteiger partial charge in [0, 0.05) is 18.3 Å². The summed E-state index contributed by atoms with van der Waals surface area (Å²) < 4.78 is 97.2. The summed E-state index contributed by atoms with van der Waals surface area (Å²) in [6, 6.07) is 11.0. The lowest BCUT2D eigenvalue weighted by atomic mass is 9.95. The average Bonchev–Trinajstić information content (AvgIpc) is 3.35. The first-order valence-corrected chi connectivity index (χ1v) is 13.9. The molecular formula is C27H27F5N6O3S. The van der Waals surface area contributed by atoms with Crippen LogP contribution in [0.15, 0.2) is 89.4 Å². The highest BCUT2D eigenvalue weighted by Gasteiger charge is 2.32. The first-order chi connectivity index (χ1) is 19.7. The third kappa shape index (κ3) is 6.64. The molecule has 0 bridgehead atoms. The summed E-state index contributed by atoms with van der Waals surface area (Å²) in [5.41, 5.74) is 7.40. The van der Waals surface area contributed by atoms with E-state index >= 15 is 0 Å². The molecule has 0 radical (unpaired) electrons. The van der Waals surface area contributed by atoms with Crippen LogP contribution in [0.1, 0.15) is 24.4 Å². The number of hydrazine groups is 1. The van der Waals surface area contributed by atoms with Crippen LogP contribution in [0.3, 0.4) is 0 Å². The molecular weight excluding hydrogens is 583 g/mol. The van der Waals surface area contributed by atoms with E-state index < -0.39 is 34.4 Å². The number of nitrogens with one attached hydrogen (secondary N) is 1. The predicted octanol–water partition coefficient (Wildman–Crippen LogP) is 5.17. The number of hydrogen-bond acceptors (Lipinski definition) is 7. The van der Waals surface area contributed by atoms with Crippen LogP contribution in [0, 0.1) is 12.8 Å². The van der Waals surface area contributed by atoms with Crippen molar-refractivity contribution < 1.29 is 35.1 Å². The van der Waals surface area contributed by atoms with E-state index in [4.69, 9.17) is 11.6 Å². The quantitative estimate of drug-likeness (QED) is 0.173. The second-order valence-electron chi connectivity index (χ2n) is 9.14. The van der Waals surface area contributed by atoms with Crippen LogP contribution in [0.25, 0.3) is 16.8 Å². The number of aromatic nitrogens is 2. The second kappa shape index (κ2) is 12.0. The molecule has 0 saturated heterocycles. The van der Waals surface area contributed by atoms with Crippen LogP contribution >= 0.6 is 0 Å². The molecule has 1 unspecified atom stereocenters. The molecule has 0 fully saturated rings. The lowest BCUT2D eigenvalue weighted by Gasteiger charge is -2.30. The lowest BCUT2D eigenvalue weighted by Crippen LogP contribution is -2.35. The number of nitrogens with zero attached hydrogens (tertiary/aromatic N) is 3. The van der Waals surface area contributed by atoms with Crippen LogP contribution in [-0.2, 0) is 14.8 Å². The Balaban J connectivity index is 1.80. The van der Waals surface area contributed by atoms with Crippen molar-refractivity contribution in [2.75, 3.05) is 12.1 Å². The highest BCUT2D eigenvalue weighted by Crippen LogP contribution is 2.36. The zero-order chi connectivity index (χ0) is 30.8. The van der Waals surface area contributed by atoms with Crippen LogP contribution in [0.5, 0.6) is 0 Å². The number of benzene rings is 2. The topological polar surface area (TPSA) is 128 Å². The van der Waals surface area contributed by atoms with Gasteiger partial charge in [-0.1, -0.05) is 24.3 Å². The number of nitrogens with two attached hydrogens (primary N) is 2. The molecule has 0 saturated carbocycles. The fourth-order valence-electron chi connectivity index (χ4n) is 4.46. The molecule has 0 amide bonds. The minimum absolute atomic E-state index is 0.0170. The van der Waals surface area contributed by atoms with Gasteiger partial charge in [0.15, 0.2) is 0 Å². The molecule has 1 aromatic heterocycles. The molecule has 1 atom stereocenters. The van der Waals surface area contributed by atoms with Crippen molar-refractivity contribution >= 4 is 15.7 Å². The summed E-state index contributed by atoms with van der Waals surface area (Å²) in [6.07, 6.45) is -1.40. The SMILES string of the molecule is CNS(=O)(=O)c1cccc(-c2ccc(-n3cc(C(F)F)nc3C)c(N(N)/C(=C\N)C3C=CC(OC(F)(F)F)=CC3)c2)c1. The summed E-state index contributed by atoms with van der Waals surface area (Å²) in [5.74, 6) is 5.86. The number of hydrogen-bond donors (Lipinski definition) is 3. The Hall–Kier alpha value is -4.21. The molecule has 1 aliphatic carbocycles. The number of allylic oxidation sites excluding steroid dienone is 3. The van der Waals surface area contributed by atoms with Crippen molar-refractivity contribution in [2.45, 2.75) is 31.0 Å². The van der Waals surface area contributed by atoms with E-state index in [-0.39, 0.29) is 34.3 Å². The Morgan fingerprint density at radius 3 is 2.50 bits per heavy atom. The minimum Gasteiger partial charge on any atom is -0.406 e. The van der Waals surface area contributed by atoms with Gasteiger partial charge in [0.1, 0.15) is 17.3 Å². The van der Waals surface area contributed by atoms with E-state index in [1.807, 2.05) is 0 Å². The number of alkyl halides is 5. The van der Waals surface area contributed by atoms with Gasteiger partial charge < -0.3 is 15.0 Å². The van der Waals surface area contributed by atoms with Gasteiger partial charge in [-0.05, 0) is 67.9 Å². The maximum Gasteiger partial charge on any atom is 0.573 e. The van der Waals surface area contributed by atoms with Gasteiger partial charge in [-0.3, -0.25) is 5.01 Å². The van der Waals surface area contributed by atoms with Crippen molar-refractivity contribution in [2.24, 2.45) is 17.5 Å². The molecule has 9 nitrogen and oxygen atoms in total. The Morgan fingerprint density at radius 1 is 1.21 bits per heavy atom. The van der Waals surface area contributed by atoms with Crippen molar-refractivity contribution in [1.29, 1.82) is 0 Å². The van der Waals surface area contributed by atoms with Crippen molar-refractivity contribution in [3.8, 4) is 16.8 Å². The standard InChI is InChI=1S/C27H27F5N6O3S/c1-16-36-22(26(28)29)15-37(16)23-11-8-19(18-4-3-5-21(12-18)42(39,40)35-2)13-24(23)38(34)25(14-33)17-6-9-20(10-7-17)41-27(30,31)32/h3-6,8-15,17,26,35H,7,33-34H2,1-2H3/b25-14-. The lowest BCUT2D eigenvalue weighted by molar-refractivity contribution is -0.303. The van der Waals surface area contributed by atoms with Gasteiger partial charge in [-0.2, -0.15) is 0 Å². The Bertz CT molecular complexity index is 1660. The van der Waals surface area contributed by atoms with Gasteiger partial charge in [0.05, 0.1) is 22.0 Å². The number of aryl methyl sites for hydroxylation is 1. The Morgan fingerprint density at radius 2 is 1.93 bits per heavy atom. The number of anilines is 1. The zero-order valence-electron chi connectivity index (χ0n) is 22.3. The highest BCUT2D eigenvalue weighted by atomic mass is 32.2. The maximum atomic E-state index is 13.5. The molecule has 0 spiro atoms. The fraction of sp³-hybridized carbons (Fsp3) is 0.222. The second-order valence-corrected chi connectivity index (χ2v) is 11.0. The summed E-state index contributed by atoms with van der Waals surface area (Å²) in [7, 11) is -2.47. The summed E-state index contributed by atoms with van der Waals surface area (Å²) in [4.78, 5) is 3.94. The average molecular weight is 611 g/mol. The summed E-state index contributed by atoms with van der Waals surface area (Å²) in [5, 5.41) is 1.20. The summed E-state index contributed by atoms with van der Waals surface area (Å²) in [6.45, 7) is 1.53. The minimum atomic E-state index is -4.85. The molecule has 1 heterocycles. The van der Waals surface area contributed by atoms with Crippen molar-refractivity contribution in [3.63, 3.8) is 0 Å². The zero-order valence-corrected chi connectivity index (χ0v) is 23.1. The monoisotopic (exact) mass is 610 g/mol. The van der Waals surface area contributed by atoms with Crippen LogP contribution in [0.4, 0.5) is 27.6 Å². The third-order valence-electron chi connectivity index (χ3n) is 6.49. The Labute approximate surface area is 238 Å². The van der Waals surface area contributed by atoms with Crippen LogP contribution in [-0.4, -0.2) is 31.4 Å². The molecule has 1 aliphatic rings. The van der Waals surface area contributed by atoms with Gasteiger partial charge in [0.2, 0.25) is 10.0 Å². The normalized spacial score (nSPS) is 16.1. The molecule has 0 aliphatic heterocycles. The van der Waals surface area contributed by atoms with Gasteiger partial charge in [-0.25, -0.2) is 32.7 Å². The van der Waals surface area contributed by atoms with E-state index in [9.17, 15) is 30.4 Å². The predicted molar refractivity (Wildman–Crippen MR) is 146 cm³/mol. The maximum absolute atomic E-state index is 13.5. The first kappa shape index (κ1) is 30.7. The molecule has 42 heavy (non-hydrogen) atoms. The van der Waals surface area contributed by atoms with Crippen LogP contribution in [0.2, 0.25) is 0 Å². The largest absolute Gasteiger partial charge is 0.573 e. The third-order valence-corrected chi connectivity index (χ3v) is 7.91. The number of sulfonamides is 1. The number of ether oxygens (including phenoxy) is 1. The molecule has 224 valence electrons. The molecule has 2 aromatic carbocycles. The molecule has 15 heteroatoms. The van der Waals surface area contributed by atoms with E-state index in [0.717, 1.165) is 6.08 Å². The highest BCUT2D eigenvalue weighted by molar-refractivity contribution is 7.89. The van der Waals surface area contributed by atoms with Gasteiger partial charge >= 0.3 is 6.36 Å². The van der Waals surface area contributed by atoms with Gasteiger partial charge in [-0.15, -0.1) is 13.2 Å².